The summed E-state index contributed by atoms with van der Waals surface area (Å²) in [5.41, 5.74) is 0.720. The number of amides is 1. The van der Waals surface area contributed by atoms with Gasteiger partial charge in [-0.15, -0.1) is 0 Å². The van der Waals surface area contributed by atoms with Crippen LogP contribution in [-0.2, 0) is 9.53 Å². The first-order chi connectivity index (χ1) is 12.8. The van der Waals surface area contributed by atoms with Crippen LogP contribution in [0.3, 0.4) is 0 Å². The predicted molar refractivity (Wildman–Crippen MR) is 105 cm³/mol. The molecule has 0 spiro atoms. The van der Waals surface area contributed by atoms with E-state index in [1.54, 1.807) is 17.1 Å². The number of nitrogens with zero attached hydrogens (tertiary/aromatic N) is 1. The Morgan fingerprint density at radius 3 is 2.67 bits per heavy atom. The van der Waals surface area contributed by atoms with Crippen molar-refractivity contribution in [3.8, 4) is 0 Å². The predicted octanol–water partition coefficient (Wildman–Crippen LogP) is 5.29. The number of carbonyl (C=O) groups is 2. The molecule has 27 heavy (non-hydrogen) atoms. The smallest absolute Gasteiger partial charge is 0.411 e. The number of carbonyl (C=O) groups excluding carboxylic acids is 2. The van der Waals surface area contributed by atoms with Crippen molar-refractivity contribution in [1.82, 2.24) is 4.90 Å². The van der Waals surface area contributed by atoms with Crippen molar-refractivity contribution < 1.29 is 18.7 Å². The second-order valence-corrected chi connectivity index (χ2v) is 8.10. The Bertz CT molecular complexity index is 789. The minimum absolute atomic E-state index is 0.0612. The van der Waals surface area contributed by atoms with Gasteiger partial charge in [0.05, 0.1) is 12.5 Å². The Balaban J connectivity index is 1.81. The molecule has 0 saturated carbocycles. The monoisotopic (exact) mass is 435 g/mol. The molecule has 1 aromatic carbocycles. The van der Waals surface area contributed by atoms with Crippen molar-refractivity contribution >= 4 is 27.8 Å². The van der Waals surface area contributed by atoms with Crippen molar-refractivity contribution in [2.75, 3.05) is 6.54 Å². The third-order valence-corrected chi connectivity index (χ3v) is 5.73. The summed E-state index contributed by atoms with van der Waals surface area (Å²) in [4.78, 5) is 26.4. The normalized spacial score (nSPS) is 26.4. The van der Waals surface area contributed by atoms with Gasteiger partial charge in [-0.3, -0.25) is 4.79 Å². The van der Waals surface area contributed by atoms with Crippen LogP contribution < -0.4 is 0 Å². The molecule has 1 heterocycles. The highest BCUT2D eigenvalue weighted by Crippen LogP contribution is 2.39. The van der Waals surface area contributed by atoms with E-state index in [2.05, 4.69) is 15.9 Å². The highest BCUT2D eigenvalue weighted by molar-refractivity contribution is 9.10. The highest BCUT2D eigenvalue weighted by Gasteiger charge is 2.45. The van der Waals surface area contributed by atoms with Crippen LogP contribution in [0.1, 0.15) is 44.7 Å². The van der Waals surface area contributed by atoms with Crippen LogP contribution in [0.5, 0.6) is 0 Å². The maximum atomic E-state index is 13.5. The first-order valence-corrected chi connectivity index (χ1v) is 9.87. The number of ketones is 1. The van der Waals surface area contributed by atoms with Crippen molar-refractivity contribution in [1.29, 1.82) is 0 Å². The molecule has 0 N–H and O–H groups in total. The van der Waals surface area contributed by atoms with E-state index in [-0.39, 0.29) is 24.7 Å². The zero-order chi connectivity index (χ0) is 19.6. The molecular weight excluding hydrogens is 413 g/mol. The number of allylic oxidation sites excluding steroid dienone is 2. The molecule has 2 aliphatic rings. The van der Waals surface area contributed by atoms with Crippen LogP contribution in [0.4, 0.5) is 9.18 Å². The van der Waals surface area contributed by atoms with E-state index >= 15 is 0 Å². The summed E-state index contributed by atoms with van der Waals surface area (Å²) in [5.74, 6) is -0.0612. The third kappa shape index (κ3) is 4.32. The molecule has 144 valence electrons. The molecule has 0 aromatic heterocycles. The lowest BCUT2D eigenvalue weighted by Crippen LogP contribution is -2.52. The van der Waals surface area contributed by atoms with E-state index in [1.807, 2.05) is 31.2 Å². The maximum Gasteiger partial charge on any atom is 0.411 e. The molecule has 6 heteroatoms. The standard InChI is InChI=1S/C21H23BrFNO3/c1-14(25)13-21(17-5-9-19(23)10-6-17)11-12-24(20(26)27-21)15(2)16-3-7-18(22)8-4-16/h3-9,15,19H,10-13H2,1-2H3/t15-,19?,21-/m0/s1. The van der Waals surface area contributed by atoms with Gasteiger partial charge in [0, 0.05) is 23.9 Å². The maximum absolute atomic E-state index is 13.5. The van der Waals surface area contributed by atoms with Gasteiger partial charge < -0.3 is 9.64 Å². The van der Waals surface area contributed by atoms with Crippen LogP contribution in [0, 0.1) is 0 Å². The number of alkyl halides is 1. The second-order valence-electron chi connectivity index (χ2n) is 7.18. The average Bonchev–Trinajstić information content (AvgIpc) is 2.62. The topological polar surface area (TPSA) is 46.6 Å². The molecule has 0 radical (unpaired) electrons. The lowest BCUT2D eigenvalue weighted by molar-refractivity contribution is -0.122. The summed E-state index contributed by atoms with van der Waals surface area (Å²) < 4.78 is 20.3. The number of ether oxygens (including phenoxy) is 1. The van der Waals surface area contributed by atoms with E-state index in [0.717, 1.165) is 15.6 Å². The van der Waals surface area contributed by atoms with Crippen LogP contribution >= 0.6 is 15.9 Å². The summed E-state index contributed by atoms with van der Waals surface area (Å²) in [6, 6.07) is 7.66. The lowest BCUT2D eigenvalue weighted by atomic mass is 9.81. The van der Waals surface area contributed by atoms with Crippen LogP contribution in [0.15, 0.2) is 52.5 Å². The number of hydrogen-bond acceptors (Lipinski definition) is 3. The van der Waals surface area contributed by atoms with Gasteiger partial charge in [-0.25, -0.2) is 9.18 Å². The molecule has 1 aliphatic heterocycles. The summed E-state index contributed by atoms with van der Waals surface area (Å²) in [7, 11) is 0. The Labute approximate surface area is 167 Å². The van der Waals surface area contributed by atoms with E-state index in [0.29, 0.717) is 13.0 Å². The molecule has 1 unspecified atom stereocenters. The van der Waals surface area contributed by atoms with Gasteiger partial charge in [0.2, 0.25) is 0 Å². The van der Waals surface area contributed by atoms with Gasteiger partial charge in [0.15, 0.2) is 0 Å². The minimum atomic E-state index is -1.03. The molecule has 3 rings (SSSR count). The Hall–Kier alpha value is -1.95. The minimum Gasteiger partial charge on any atom is -0.437 e. The molecule has 1 fully saturated rings. The van der Waals surface area contributed by atoms with Gasteiger partial charge in [0.25, 0.3) is 0 Å². The molecule has 1 aliphatic carbocycles. The number of benzene rings is 1. The second kappa shape index (κ2) is 7.97. The first-order valence-electron chi connectivity index (χ1n) is 9.08. The fraction of sp³-hybridized carbons (Fsp3) is 0.429. The van der Waals surface area contributed by atoms with E-state index in [9.17, 15) is 14.0 Å². The van der Waals surface area contributed by atoms with E-state index in [4.69, 9.17) is 4.74 Å². The number of rotatable bonds is 5. The van der Waals surface area contributed by atoms with Crippen LogP contribution in [-0.4, -0.2) is 35.1 Å². The Morgan fingerprint density at radius 2 is 2.11 bits per heavy atom. The average molecular weight is 436 g/mol. The molecule has 0 bridgehead atoms. The number of cyclic esters (lactones) is 1. The summed E-state index contributed by atoms with van der Waals surface area (Å²) >= 11 is 3.41. The van der Waals surface area contributed by atoms with Gasteiger partial charge in [-0.05, 0) is 43.2 Å². The highest BCUT2D eigenvalue weighted by atomic mass is 79.9. The quantitative estimate of drug-likeness (QED) is 0.630. The fourth-order valence-corrected chi connectivity index (χ4v) is 3.97. The molecule has 1 aromatic rings. The van der Waals surface area contributed by atoms with Crippen LogP contribution in [0.25, 0.3) is 0 Å². The zero-order valence-corrected chi connectivity index (χ0v) is 17.0. The lowest BCUT2D eigenvalue weighted by Gasteiger charge is -2.44. The Morgan fingerprint density at radius 1 is 1.41 bits per heavy atom. The van der Waals surface area contributed by atoms with Gasteiger partial charge in [0.1, 0.15) is 17.6 Å². The zero-order valence-electron chi connectivity index (χ0n) is 15.5. The van der Waals surface area contributed by atoms with Gasteiger partial charge in [-0.1, -0.05) is 40.2 Å². The molecule has 1 amide bonds. The van der Waals surface area contributed by atoms with Crippen molar-refractivity contribution in [3.63, 3.8) is 0 Å². The SMILES string of the molecule is CC(=O)C[C@]1(C2=CCC(F)C=C2)CCN([C@@H](C)c2ccc(Br)cc2)C(=O)O1. The van der Waals surface area contributed by atoms with Crippen molar-refractivity contribution in [2.24, 2.45) is 0 Å². The Kier molecular flexibility index (Phi) is 5.84. The van der Waals surface area contributed by atoms with E-state index in [1.165, 1.54) is 13.0 Å². The molecule has 1 saturated heterocycles. The number of halogens is 2. The summed E-state index contributed by atoms with van der Waals surface area (Å²) in [6.07, 6.45) is 4.21. The van der Waals surface area contributed by atoms with Crippen molar-refractivity contribution in [3.05, 3.63) is 58.1 Å². The fourth-order valence-electron chi connectivity index (χ4n) is 3.71. The summed E-state index contributed by atoms with van der Waals surface area (Å²) in [6.45, 7) is 3.90. The van der Waals surface area contributed by atoms with Gasteiger partial charge in [-0.2, -0.15) is 0 Å². The molecule has 3 atom stereocenters. The van der Waals surface area contributed by atoms with Gasteiger partial charge >= 0.3 is 6.09 Å². The van der Waals surface area contributed by atoms with Crippen LogP contribution in [0.2, 0.25) is 0 Å². The largest absolute Gasteiger partial charge is 0.437 e. The molecular formula is C21H23BrFNO3. The number of Topliss-reactive ketones (excluding diaryl/α,β-unsaturated/α-hetero) is 1. The van der Waals surface area contributed by atoms with Crippen molar-refractivity contribution in [2.45, 2.75) is 50.9 Å². The number of hydrogen-bond donors (Lipinski definition) is 0. The van der Waals surface area contributed by atoms with E-state index < -0.39 is 17.9 Å². The molecule has 4 nitrogen and oxygen atoms in total. The summed E-state index contributed by atoms with van der Waals surface area (Å²) in [5, 5.41) is 0. The third-order valence-electron chi connectivity index (χ3n) is 5.20. The first kappa shape index (κ1) is 19.8.